The highest BCUT2D eigenvalue weighted by atomic mass is 16.5. The number of hydrogen-bond acceptors (Lipinski definition) is 8. The van der Waals surface area contributed by atoms with Crippen LogP contribution >= 0.6 is 0 Å². The van der Waals surface area contributed by atoms with Gasteiger partial charge in [-0.15, -0.1) is 0 Å². The van der Waals surface area contributed by atoms with Gasteiger partial charge in [0.25, 0.3) is 0 Å². The predicted molar refractivity (Wildman–Crippen MR) is 113 cm³/mol. The lowest BCUT2D eigenvalue weighted by Crippen LogP contribution is -2.54. The zero-order valence-corrected chi connectivity index (χ0v) is 16.5. The maximum Gasteiger partial charge on any atom is 0.220 e. The minimum absolute atomic E-state index is 0.0988. The first-order chi connectivity index (χ1) is 13.8. The van der Waals surface area contributed by atoms with E-state index in [1.54, 1.807) is 23.1 Å². The molecular formula is C21H25N5O3. The first-order valence-electron chi connectivity index (χ1n) is 9.26. The number of guanidine groups is 2. The van der Waals surface area contributed by atoms with E-state index >= 15 is 0 Å². The fourth-order valence-corrected chi connectivity index (χ4v) is 3.21. The highest BCUT2D eigenvalue weighted by Crippen LogP contribution is 2.30. The van der Waals surface area contributed by atoms with Crippen LogP contribution in [-0.2, 0) is 6.61 Å². The summed E-state index contributed by atoms with van der Waals surface area (Å²) in [5.74, 6) is 0.945. The number of rotatable bonds is 7. The molecular weight excluding hydrogens is 370 g/mol. The number of nitrogens with two attached hydrogens (primary N) is 2. The summed E-state index contributed by atoms with van der Waals surface area (Å²) >= 11 is 0. The van der Waals surface area contributed by atoms with Gasteiger partial charge >= 0.3 is 0 Å². The molecule has 8 heteroatoms. The van der Waals surface area contributed by atoms with Gasteiger partial charge < -0.3 is 21.3 Å². The molecule has 0 unspecified atom stereocenters. The number of hydrogen-bond donors (Lipinski definition) is 3. The topological polar surface area (TPSA) is 127 Å². The number of anilines is 1. The highest BCUT2D eigenvalue weighted by Gasteiger charge is 2.33. The van der Waals surface area contributed by atoms with Crippen LogP contribution in [0.2, 0.25) is 0 Å². The quantitative estimate of drug-likeness (QED) is 0.616. The maximum atomic E-state index is 12.0. The van der Waals surface area contributed by atoms with Crippen molar-refractivity contribution >= 4 is 23.4 Å². The van der Waals surface area contributed by atoms with E-state index in [1.807, 2.05) is 44.2 Å². The Morgan fingerprint density at radius 2 is 1.93 bits per heavy atom. The smallest absolute Gasteiger partial charge is 0.220 e. The number of nitrogens with zero attached hydrogens (tertiary/aromatic N) is 3. The van der Waals surface area contributed by atoms with E-state index in [0.717, 1.165) is 11.3 Å². The van der Waals surface area contributed by atoms with Crippen molar-refractivity contribution in [3.05, 3.63) is 59.7 Å². The number of benzene rings is 2. The second kappa shape index (κ2) is 8.32. The van der Waals surface area contributed by atoms with Crippen molar-refractivity contribution in [2.45, 2.75) is 32.5 Å². The minimum atomic E-state index is -0.685. The molecule has 0 atom stereocenters. The summed E-state index contributed by atoms with van der Waals surface area (Å²) in [6.45, 7) is 3.91. The lowest BCUT2D eigenvalue weighted by molar-refractivity contribution is 0.0956. The van der Waals surface area contributed by atoms with Crippen LogP contribution in [0.4, 0.5) is 5.69 Å². The molecule has 0 saturated heterocycles. The Labute approximate surface area is 169 Å². The Morgan fingerprint density at radius 1 is 1.17 bits per heavy atom. The molecule has 1 aliphatic heterocycles. The molecule has 8 nitrogen and oxygen atoms in total. The van der Waals surface area contributed by atoms with Crippen molar-refractivity contribution < 1.29 is 14.6 Å². The molecule has 0 aliphatic carbocycles. The van der Waals surface area contributed by atoms with Crippen LogP contribution < -0.4 is 21.1 Å². The molecule has 1 aliphatic rings. The summed E-state index contributed by atoms with van der Waals surface area (Å²) in [6.07, 6.45) is 0.105. The number of Topliss-reactive ketones (excluding diaryl/α,β-unsaturated/α-hetero) is 1. The average molecular weight is 395 g/mol. The first kappa shape index (κ1) is 20.3. The third kappa shape index (κ3) is 4.72. The van der Waals surface area contributed by atoms with Gasteiger partial charge in [-0.1, -0.05) is 24.3 Å². The van der Waals surface area contributed by atoms with Gasteiger partial charge in [-0.2, -0.15) is 4.99 Å². The molecule has 2 aromatic carbocycles. The Kier molecular flexibility index (Phi) is 5.84. The van der Waals surface area contributed by atoms with Crippen LogP contribution in [-0.4, -0.2) is 35.1 Å². The highest BCUT2D eigenvalue weighted by molar-refractivity contribution is 6.05. The van der Waals surface area contributed by atoms with Crippen LogP contribution in [0.3, 0.4) is 0 Å². The number of carbonyl (C=O) groups is 1. The number of carbonyl (C=O) groups excluding carboxylic acids is 1. The van der Waals surface area contributed by atoms with Gasteiger partial charge in [0.1, 0.15) is 18.0 Å². The van der Waals surface area contributed by atoms with Crippen LogP contribution in [0, 0.1) is 0 Å². The van der Waals surface area contributed by atoms with Gasteiger partial charge in [0.05, 0.1) is 6.61 Å². The molecule has 2 aromatic rings. The molecule has 0 bridgehead atoms. The van der Waals surface area contributed by atoms with Crippen LogP contribution in [0.5, 0.6) is 5.75 Å². The molecule has 152 valence electrons. The fourth-order valence-electron chi connectivity index (χ4n) is 3.21. The largest absolute Gasteiger partial charge is 0.489 e. The maximum absolute atomic E-state index is 12.0. The zero-order valence-electron chi connectivity index (χ0n) is 16.5. The van der Waals surface area contributed by atoms with Gasteiger partial charge in [0.15, 0.2) is 5.78 Å². The van der Waals surface area contributed by atoms with Crippen molar-refractivity contribution in [3.63, 3.8) is 0 Å². The summed E-state index contributed by atoms with van der Waals surface area (Å²) in [5.41, 5.74) is 13.3. The van der Waals surface area contributed by atoms with E-state index in [4.69, 9.17) is 21.3 Å². The molecule has 0 amide bonds. The zero-order chi connectivity index (χ0) is 21.0. The van der Waals surface area contributed by atoms with E-state index in [1.165, 1.54) is 0 Å². The SMILES string of the molecule is CC1(C)N=C(N)N=C(N)N1c1cccc(OCc2cccc(C(=O)CCO)c2)c1. The van der Waals surface area contributed by atoms with Gasteiger partial charge in [-0.05, 0) is 37.6 Å². The fraction of sp³-hybridized carbons (Fsp3) is 0.286. The molecule has 5 N–H and O–H groups in total. The van der Waals surface area contributed by atoms with Crippen molar-refractivity contribution in [3.8, 4) is 5.75 Å². The Morgan fingerprint density at radius 3 is 2.66 bits per heavy atom. The van der Waals surface area contributed by atoms with Crippen LogP contribution in [0.25, 0.3) is 0 Å². The number of ketones is 1. The lowest BCUT2D eigenvalue weighted by atomic mass is 10.1. The molecule has 29 heavy (non-hydrogen) atoms. The third-order valence-corrected chi connectivity index (χ3v) is 4.46. The number of aliphatic hydroxyl groups excluding tert-OH is 1. The molecule has 0 spiro atoms. The van der Waals surface area contributed by atoms with Gasteiger partial charge in [0.2, 0.25) is 11.9 Å². The van der Waals surface area contributed by atoms with E-state index in [-0.39, 0.29) is 30.7 Å². The molecule has 1 heterocycles. The summed E-state index contributed by atoms with van der Waals surface area (Å²) in [4.78, 5) is 22.1. The van der Waals surface area contributed by atoms with E-state index in [2.05, 4.69) is 9.98 Å². The van der Waals surface area contributed by atoms with Crippen molar-refractivity contribution in [1.29, 1.82) is 0 Å². The van der Waals surface area contributed by atoms with Gasteiger partial charge in [-0.25, -0.2) is 4.99 Å². The molecule has 0 saturated carbocycles. The molecule has 0 fully saturated rings. The second-order valence-electron chi connectivity index (χ2n) is 7.15. The number of ether oxygens (including phenoxy) is 1. The average Bonchev–Trinajstić information content (AvgIpc) is 2.65. The Hall–Kier alpha value is -3.39. The summed E-state index contributed by atoms with van der Waals surface area (Å²) in [6, 6.07) is 14.6. The Bertz CT molecular complexity index is 968. The van der Waals surface area contributed by atoms with Crippen molar-refractivity contribution in [1.82, 2.24) is 0 Å². The predicted octanol–water partition coefficient (Wildman–Crippen LogP) is 2.02. The Balaban J connectivity index is 1.75. The monoisotopic (exact) mass is 395 g/mol. The number of aliphatic hydroxyl groups is 1. The summed E-state index contributed by atoms with van der Waals surface area (Å²) < 4.78 is 5.91. The molecule has 3 rings (SSSR count). The number of aliphatic imine (C=N–C) groups is 2. The first-order valence-corrected chi connectivity index (χ1v) is 9.26. The van der Waals surface area contributed by atoms with E-state index in [9.17, 15) is 4.79 Å². The summed E-state index contributed by atoms with van der Waals surface area (Å²) in [7, 11) is 0. The normalized spacial score (nSPS) is 15.5. The van der Waals surface area contributed by atoms with Crippen molar-refractivity contribution in [2.24, 2.45) is 21.5 Å². The third-order valence-electron chi connectivity index (χ3n) is 4.46. The minimum Gasteiger partial charge on any atom is -0.489 e. The molecule has 0 aromatic heterocycles. The van der Waals surface area contributed by atoms with Gasteiger partial charge in [-0.3, -0.25) is 9.69 Å². The van der Waals surface area contributed by atoms with Crippen LogP contribution in [0.15, 0.2) is 58.5 Å². The second-order valence-corrected chi connectivity index (χ2v) is 7.15. The van der Waals surface area contributed by atoms with Gasteiger partial charge in [0, 0.05) is 23.7 Å². The molecule has 0 radical (unpaired) electrons. The lowest BCUT2D eigenvalue weighted by Gasteiger charge is -2.38. The van der Waals surface area contributed by atoms with E-state index < -0.39 is 5.66 Å². The summed E-state index contributed by atoms with van der Waals surface area (Å²) in [5, 5.41) is 8.94. The van der Waals surface area contributed by atoms with E-state index in [0.29, 0.717) is 17.9 Å². The van der Waals surface area contributed by atoms with Crippen LogP contribution in [0.1, 0.15) is 36.2 Å². The van der Waals surface area contributed by atoms with Crippen molar-refractivity contribution in [2.75, 3.05) is 11.5 Å². The standard InChI is InChI=1S/C21H25N5O3/c1-21(2)25-19(22)24-20(23)26(21)16-7-4-8-17(12-16)29-13-14-5-3-6-15(11-14)18(28)9-10-27/h3-8,11-12,27H,9-10,13H2,1-2H3,(H4,22,23,24,25).